The molecule has 0 aromatic heterocycles. The summed E-state index contributed by atoms with van der Waals surface area (Å²) < 4.78 is 35.0. The lowest BCUT2D eigenvalue weighted by Crippen LogP contribution is -2.13. The number of sulfonamides is 1. The van der Waals surface area contributed by atoms with Crippen molar-refractivity contribution in [2.24, 2.45) is 0 Å². The standard InChI is InChI=1S/C16H17N3O7S/c1-25-14-7-4-10(8-13(14)19(21)22)16(20)17-11-5-6-12(15(9-11)26-2)18-27(3,23)24/h4-9,18H,1-3H3,(H,17,20). The fraction of sp³-hybridized carbons (Fsp3) is 0.188. The van der Waals surface area contributed by atoms with Crippen molar-refractivity contribution in [3.63, 3.8) is 0 Å². The van der Waals surface area contributed by atoms with Gasteiger partial charge >= 0.3 is 5.69 Å². The van der Waals surface area contributed by atoms with E-state index in [1.807, 2.05) is 0 Å². The van der Waals surface area contributed by atoms with E-state index in [4.69, 9.17) is 9.47 Å². The molecule has 0 aliphatic rings. The van der Waals surface area contributed by atoms with Crippen molar-refractivity contribution in [2.75, 3.05) is 30.5 Å². The Hall–Kier alpha value is -3.34. The first kappa shape index (κ1) is 20.0. The molecule has 0 heterocycles. The molecule has 10 nitrogen and oxygen atoms in total. The van der Waals surface area contributed by atoms with E-state index in [-0.39, 0.29) is 28.4 Å². The molecule has 0 saturated carbocycles. The quantitative estimate of drug-likeness (QED) is 0.542. The number of anilines is 2. The Morgan fingerprint density at radius 3 is 2.30 bits per heavy atom. The number of nitrogens with zero attached hydrogens (tertiary/aromatic N) is 1. The van der Waals surface area contributed by atoms with Crippen LogP contribution in [0.5, 0.6) is 11.5 Å². The van der Waals surface area contributed by atoms with Crippen molar-refractivity contribution >= 4 is 33.0 Å². The average molecular weight is 395 g/mol. The maximum atomic E-state index is 12.4. The molecule has 0 unspecified atom stereocenters. The Labute approximate surface area is 155 Å². The van der Waals surface area contributed by atoms with Gasteiger partial charge < -0.3 is 14.8 Å². The number of rotatable bonds is 7. The lowest BCUT2D eigenvalue weighted by molar-refractivity contribution is -0.385. The van der Waals surface area contributed by atoms with Gasteiger partial charge in [-0.2, -0.15) is 0 Å². The van der Waals surface area contributed by atoms with Gasteiger partial charge in [0, 0.05) is 23.4 Å². The maximum absolute atomic E-state index is 12.4. The molecule has 0 fully saturated rings. The number of benzene rings is 2. The number of nitrogens with one attached hydrogen (secondary N) is 2. The number of hydrogen-bond donors (Lipinski definition) is 2. The van der Waals surface area contributed by atoms with Crippen molar-refractivity contribution < 1.29 is 27.6 Å². The van der Waals surface area contributed by atoms with E-state index in [1.54, 1.807) is 0 Å². The highest BCUT2D eigenvalue weighted by molar-refractivity contribution is 7.92. The monoisotopic (exact) mass is 395 g/mol. The van der Waals surface area contributed by atoms with Crippen LogP contribution >= 0.6 is 0 Å². The summed E-state index contributed by atoms with van der Waals surface area (Å²) in [7, 11) is -0.861. The first-order chi connectivity index (χ1) is 12.6. The molecule has 0 bridgehead atoms. The molecule has 2 aromatic rings. The van der Waals surface area contributed by atoms with E-state index < -0.39 is 20.9 Å². The number of nitro groups is 1. The minimum Gasteiger partial charge on any atom is -0.494 e. The number of carbonyl (C=O) groups excluding carboxylic acids is 1. The highest BCUT2D eigenvalue weighted by Crippen LogP contribution is 2.30. The molecular weight excluding hydrogens is 378 g/mol. The molecular formula is C16H17N3O7S. The van der Waals surface area contributed by atoms with Crippen molar-refractivity contribution in [1.29, 1.82) is 0 Å². The van der Waals surface area contributed by atoms with Crippen LogP contribution in [-0.4, -0.2) is 39.7 Å². The number of ether oxygens (including phenoxy) is 2. The van der Waals surface area contributed by atoms with Crippen LogP contribution in [0.2, 0.25) is 0 Å². The molecule has 11 heteroatoms. The van der Waals surface area contributed by atoms with Crippen LogP contribution in [0, 0.1) is 10.1 Å². The van der Waals surface area contributed by atoms with Gasteiger partial charge in [0.05, 0.1) is 31.1 Å². The Morgan fingerprint density at radius 1 is 1.07 bits per heavy atom. The maximum Gasteiger partial charge on any atom is 0.311 e. The minimum atomic E-state index is -3.50. The second-order valence-corrected chi connectivity index (χ2v) is 7.14. The number of methoxy groups -OCH3 is 2. The third-order valence-electron chi connectivity index (χ3n) is 3.39. The molecule has 27 heavy (non-hydrogen) atoms. The summed E-state index contributed by atoms with van der Waals surface area (Å²) in [5.74, 6) is -0.361. The van der Waals surface area contributed by atoms with E-state index >= 15 is 0 Å². The van der Waals surface area contributed by atoms with E-state index in [1.165, 1.54) is 44.6 Å². The predicted molar refractivity (Wildman–Crippen MR) is 99.1 cm³/mol. The van der Waals surface area contributed by atoms with Crippen LogP contribution in [0.15, 0.2) is 36.4 Å². The van der Waals surface area contributed by atoms with Gasteiger partial charge in [-0.05, 0) is 24.3 Å². The average Bonchev–Trinajstić information content (AvgIpc) is 2.61. The van der Waals surface area contributed by atoms with Crippen LogP contribution < -0.4 is 19.5 Å². The number of amides is 1. The molecule has 144 valence electrons. The van der Waals surface area contributed by atoms with Crippen LogP contribution in [0.4, 0.5) is 17.1 Å². The zero-order valence-electron chi connectivity index (χ0n) is 14.7. The zero-order valence-corrected chi connectivity index (χ0v) is 15.5. The minimum absolute atomic E-state index is 0.0365. The third kappa shape index (κ3) is 5.07. The van der Waals surface area contributed by atoms with Crippen LogP contribution in [0.25, 0.3) is 0 Å². The molecule has 0 aliphatic carbocycles. The smallest absolute Gasteiger partial charge is 0.311 e. The molecule has 2 N–H and O–H groups in total. The van der Waals surface area contributed by atoms with Gasteiger partial charge in [-0.3, -0.25) is 19.6 Å². The van der Waals surface area contributed by atoms with Gasteiger partial charge in [-0.1, -0.05) is 0 Å². The summed E-state index contributed by atoms with van der Waals surface area (Å²) in [6.45, 7) is 0. The third-order valence-corrected chi connectivity index (χ3v) is 3.98. The lowest BCUT2D eigenvalue weighted by Gasteiger charge is -2.12. The molecule has 0 atom stereocenters. The Bertz CT molecular complexity index is 990. The topological polar surface area (TPSA) is 137 Å². The second-order valence-electron chi connectivity index (χ2n) is 5.39. The van der Waals surface area contributed by atoms with E-state index in [0.717, 1.165) is 12.3 Å². The van der Waals surface area contributed by atoms with Gasteiger partial charge in [0.25, 0.3) is 5.91 Å². The number of carbonyl (C=O) groups is 1. The second kappa shape index (κ2) is 7.91. The summed E-state index contributed by atoms with van der Waals surface area (Å²) in [6.07, 6.45) is 0.999. The fourth-order valence-corrected chi connectivity index (χ4v) is 2.80. The molecule has 0 radical (unpaired) electrons. The molecule has 1 amide bonds. The number of nitro benzene ring substituents is 1. The summed E-state index contributed by atoms with van der Waals surface area (Å²) in [4.78, 5) is 22.8. The summed E-state index contributed by atoms with van der Waals surface area (Å²) in [5.41, 5.74) is 0.239. The van der Waals surface area contributed by atoms with Crippen molar-refractivity contribution in [3.05, 3.63) is 52.1 Å². The highest BCUT2D eigenvalue weighted by Gasteiger charge is 2.18. The number of hydrogen-bond acceptors (Lipinski definition) is 7. The van der Waals surface area contributed by atoms with Crippen LogP contribution in [-0.2, 0) is 10.0 Å². The largest absolute Gasteiger partial charge is 0.494 e. The molecule has 0 saturated heterocycles. The Balaban J connectivity index is 2.28. The van der Waals surface area contributed by atoms with Gasteiger partial charge in [-0.25, -0.2) is 8.42 Å². The van der Waals surface area contributed by atoms with Crippen molar-refractivity contribution in [1.82, 2.24) is 0 Å². The normalized spacial score (nSPS) is 10.8. The Kier molecular flexibility index (Phi) is 5.85. The lowest BCUT2D eigenvalue weighted by atomic mass is 10.1. The molecule has 2 rings (SSSR count). The Morgan fingerprint density at radius 2 is 1.74 bits per heavy atom. The van der Waals surface area contributed by atoms with Gasteiger partial charge in [0.15, 0.2) is 5.75 Å². The van der Waals surface area contributed by atoms with Crippen molar-refractivity contribution in [3.8, 4) is 11.5 Å². The van der Waals surface area contributed by atoms with Crippen LogP contribution in [0.1, 0.15) is 10.4 Å². The van der Waals surface area contributed by atoms with E-state index in [9.17, 15) is 23.3 Å². The highest BCUT2D eigenvalue weighted by atomic mass is 32.2. The fourth-order valence-electron chi connectivity index (χ4n) is 2.23. The van der Waals surface area contributed by atoms with Gasteiger partial charge in [0.1, 0.15) is 5.75 Å². The predicted octanol–water partition coefficient (Wildman–Crippen LogP) is 2.24. The SMILES string of the molecule is COc1cc(NC(=O)c2ccc(OC)c([N+](=O)[O-])c2)ccc1NS(C)(=O)=O. The summed E-state index contributed by atoms with van der Waals surface area (Å²) in [5, 5.41) is 13.6. The molecule has 0 aliphatic heterocycles. The summed E-state index contributed by atoms with van der Waals surface area (Å²) in [6, 6.07) is 8.12. The van der Waals surface area contributed by atoms with Gasteiger partial charge in [-0.15, -0.1) is 0 Å². The van der Waals surface area contributed by atoms with Gasteiger partial charge in [0.2, 0.25) is 10.0 Å². The molecule has 0 spiro atoms. The summed E-state index contributed by atoms with van der Waals surface area (Å²) >= 11 is 0. The van der Waals surface area contributed by atoms with Crippen molar-refractivity contribution in [2.45, 2.75) is 0 Å². The first-order valence-electron chi connectivity index (χ1n) is 7.44. The zero-order chi connectivity index (χ0) is 20.2. The molecule has 2 aromatic carbocycles. The van der Waals surface area contributed by atoms with E-state index in [0.29, 0.717) is 5.69 Å². The van der Waals surface area contributed by atoms with Crippen LogP contribution in [0.3, 0.4) is 0 Å². The first-order valence-corrected chi connectivity index (χ1v) is 9.33. The van der Waals surface area contributed by atoms with E-state index in [2.05, 4.69) is 10.0 Å².